The van der Waals surface area contributed by atoms with Gasteiger partial charge in [0.05, 0.1) is 18.8 Å². The molecule has 0 spiro atoms. The van der Waals surface area contributed by atoms with E-state index in [4.69, 9.17) is 11.6 Å². The van der Waals surface area contributed by atoms with Gasteiger partial charge in [-0.2, -0.15) is 0 Å². The lowest BCUT2D eigenvalue weighted by molar-refractivity contribution is -0.537. The molecule has 2 aliphatic rings. The summed E-state index contributed by atoms with van der Waals surface area (Å²) in [4.78, 5) is 33.9. The van der Waals surface area contributed by atoms with Crippen LogP contribution in [0.4, 0.5) is 4.79 Å². The van der Waals surface area contributed by atoms with Crippen LogP contribution >= 0.6 is 11.6 Å². The van der Waals surface area contributed by atoms with E-state index >= 15 is 0 Å². The first-order valence-corrected chi connectivity index (χ1v) is 10.3. The average Bonchev–Trinajstić information content (AvgIpc) is 3.24. The Morgan fingerprint density at radius 3 is 2.57 bits per heavy atom. The van der Waals surface area contributed by atoms with Gasteiger partial charge in [0.1, 0.15) is 5.69 Å². The molecule has 2 aromatic rings. The van der Waals surface area contributed by atoms with Crippen LogP contribution in [0.2, 0.25) is 5.02 Å². The van der Waals surface area contributed by atoms with E-state index in [2.05, 4.69) is 10.1 Å². The molecule has 30 heavy (non-hydrogen) atoms. The maximum Gasteiger partial charge on any atom is 0.421 e. The summed E-state index contributed by atoms with van der Waals surface area (Å²) in [7, 11) is 1.65. The lowest BCUT2D eigenvalue weighted by Gasteiger charge is -2.34. The summed E-state index contributed by atoms with van der Waals surface area (Å²) in [6.45, 7) is 6.62. The number of fused-ring (bicyclic) bond motifs is 1. The summed E-state index contributed by atoms with van der Waals surface area (Å²) in [6, 6.07) is 8.09. The molecule has 3 heterocycles. The van der Waals surface area contributed by atoms with Gasteiger partial charge in [-0.25, -0.2) is 9.37 Å². The van der Waals surface area contributed by atoms with Gasteiger partial charge in [0, 0.05) is 12.1 Å². The van der Waals surface area contributed by atoms with Crippen LogP contribution in [0.3, 0.4) is 0 Å². The molecule has 0 radical (unpaired) electrons. The molecule has 9 heteroatoms. The Morgan fingerprint density at radius 1 is 1.20 bits per heavy atom. The van der Waals surface area contributed by atoms with Gasteiger partial charge in [0.15, 0.2) is 0 Å². The van der Waals surface area contributed by atoms with Crippen molar-refractivity contribution in [2.75, 3.05) is 13.6 Å². The Balaban J connectivity index is 1.78. The van der Waals surface area contributed by atoms with Crippen LogP contribution in [0.5, 0.6) is 0 Å². The molecule has 8 nitrogen and oxygen atoms in total. The quantitative estimate of drug-likeness (QED) is 0.704. The SMILES string of the molecule is CCC[N+]1=C(n2nc(C)cc2C)N=C2C1C(=O)N(Cc1ccccc1Cl)C(=O)N2C. The number of urea groups is 1. The Hall–Kier alpha value is -3.00. The molecular formula is C21H24ClN6O2+. The molecule has 2 aliphatic heterocycles. The number of likely N-dealkylation sites (N-methyl/N-ethyl adjacent to an activating group) is 1. The summed E-state index contributed by atoms with van der Waals surface area (Å²) in [6.07, 6.45) is 0.817. The molecule has 1 unspecified atom stereocenters. The number of carbonyl (C=O) groups is 2. The van der Waals surface area contributed by atoms with Gasteiger partial charge in [0.2, 0.25) is 11.9 Å². The average molecular weight is 428 g/mol. The van der Waals surface area contributed by atoms with Crippen molar-refractivity contribution in [3.05, 3.63) is 52.3 Å². The number of imide groups is 1. The Bertz CT molecular complexity index is 1100. The highest BCUT2D eigenvalue weighted by Gasteiger charge is 2.53. The molecule has 156 valence electrons. The predicted molar refractivity (Wildman–Crippen MR) is 114 cm³/mol. The van der Waals surface area contributed by atoms with E-state index in [0.29, 0.717) is 23.4 Å². The third kappa shape index (κ3) is 3.21. The van der Waals surface area contributed by atoms with Gasteiger partial charge in [-0.1, -0.05) is 41.7 Å². The molecule has 1 atom stereocenters. The maximum absolute atomic E-state index is 13.5. The monoisotopic (exact) mass is 427 g/mol. The molecule has 0 N–H and O–H groups in total. The Morgan fingerprint density at radius 2 is 1.93 bits per heavy atom. The minimum atomic E-state index is -0.672. The third-order valence-corrected chi connectivity index (χ3v) is 5.71. The number of amides is 3. The molecule has 1 aromatic heterocycles. The number of aliphatic imine (C=N–C) groups is 1. The predicted octanol–water partition coefficient (Wildman–Crippen LogP) is 2.65. The summed E-state index contributed by atoms with van der Waals surface area (Å²) < 4.78 is 3.67. The van der Waals surface area contributed by atoms with Crippen molar-refractivity contribution < 1.29 is 14.2 Å². The fourth-order valence-electron chi connectivity index (χ4n) is 3.92. The maximum atomic E-state index is 13.5. The second kappa shape index (κ2) is 7.68. The number of carbonyl (C=O) groups excluding carboxylic acids is 2. The number of hydrogen-bond acceptors (Lipinski definition) is 4. The summed E-state index contributed by atoms with van der Waals surface area (Å²) in [5.74, 6) is 0.688. The lowest BCUT2D eigenvalue weighted by Crippen LogP contribution is -2.62. The highest BCUT2D eigenvalue weighted by molar-refractivity contribution is 6.31. The fourth-order valence-corrected chi connectivity index (χ4v) is 4.11. The Kier molecular flexibility index (Phi) is 5.19. The fraction of sp³-hybridized carbons (Fsp3) is 0.381. The normalized spacial score (nSPS) is 19.0. The van der Waals surface area contributed by atoms with Gasteiger partial charge in [-0.3, -0.25) is 14.6 Å². The molecule has 4 rings (SSSR count). The highest BCUT2D eigenvalue weighted by Crippen LogP contribution is 2.25. The first-order valence-electron chi connectivity index (χ1n) is 9.91. The number of benzene rings is 1. The van der Waals surface area contributed by atoms with Crippen molar-refractivity contribution in [1.82, 2.24) is 19.6 Å². The summed E-state index contributed by atoms with van der Waals surface area (Å²) in [5.41, 5.74) is 2.50. The van der Waals surface area contributed by atoms with Crippen LogP contribution < -0.4 is 0 Å². The van der Waals surface area contributed by atoms with Crippen LogP contribution in [0.15, 0.2) is 35.3 Å². The Labute approximate surface area is 180 Å². The zero-order valence-electron chi connectivity index (χ0n) is 17.5. The van der Waals surface area contributed by atoms with E-state index in [1.54, 1.807) is 17.8 Å². The van der Waals surface area contributed by atoms with Crippen molar-refractivity contribution in [3.63, 3.8) is 0 Å². The number of rotatable bonds is 4. The minimum absolute atomic E-state index is 0.112. The number of aromatic nitrogens is 2. The van der Waals surface area contributed by atoms with Crippen molar-refractivity contribution >= 4 is 35.3 Å². The van der Waals surface area contributed by atoms with Crippen molar-refractivity contribution in [3.8, 4) is 0 Å². The van der Waals surface area contributed by atoms with E-state index in [0.717, 1.165) is 23.4 Å². The van der Waals surface area contributed by atoms with E-state index in [1.165, 1.54) is 9.80 Å². The van der Waals surface area contributed by atoms with Crippen LogP contribution in [0, 0.1) is 13.8 Å². The van der Waals surface area contributed by atoms with E-state index in [-0.39, 0.29) is 12.5 Å². The number of aryl methyl sites for hydroxylation is 2. The van der Waals surface area contributed by atoms with E-state index < -0.39 is 12.1 Å². The number of halogens is 1. The number of nitrogens with zero attached hydrogens (tertiary/aromatic N) is 6. The zero-order valence-corrected chi connectivity index (χ0v) is 18.2. The molecular weight excluding hydrogens is 404 g/mol. The number of amidine groups is 1. The topological polar surface area (TPSA) is 73.8 Å². The first-order chi connectivity index (χ1) is 14.3. The summed E-state index contributed by atoms with van der Waals surface area (Å²) in [5, 5.41) is 5.06. The lowest BCUT2D eigenvalue weighted by atomic mass is 10.1. The van der Waals surface area contributed by atoms with Gasteiger partial charge >= 0.3 is 12.0 Å². The molecule has 1 saturated heterocycles. The van der Waals surface area contributed by atoms with Crippen molar-refractivity contribution in [1.29, 1.82) is 0 Å². The van der Waals surface area contributed by atoms with Crippen LogP contribution in [0.1, 0.15) is 30.3 Å². The first kappa shape index (κ1) is 20.3. The van der Waals surface area contributed by atoms with Gasteiger partial charge in [-0.05, 0) is 38.0 Å². The minimum Gasteiger partial charge on any atom is -0.270 e. The molecule has 3 amide bonds. The number of hydrogen-bond donors (Lipinski definition) is 0. The smallest absolute Gasteiger partial charge is 0.270 e. The van der Waals surface area contributed by atoms with Gasteiger partial charge in [-0.15, -0.1) is 9.78 Å². The summed E-state index contributed by atoms with van der Waals surface area (Å²) >= 11 is 6.28. The molecule has 1 fully saturated rings. The van der Waals surface area contributed by atoms with Crippen LogP contribution in [0.25, 0.3) is 0 Å². The molecule has 0 aliphatic carbocycles. The van der Waals surface area contributed by atoms with Crippen molar-refractivity contribution in [2.45, 2.75) is 39.8 Å². The molecule has 1 aromatic carbocycles. The van der Waals surface area contributed by atoms with Crippen LogP contribution in [-0.2, 0) is 11.3 Å². The largest absolute Gasteiger partial charge is 0.421 e. The second-order valence-electron chi connectivity index (χ2n) is 7.56. The molecule has 0 saturated carbocycles. The van der Waals surface area contributed by atoms with Crippen LogP contribution in [-0.4, -0.2) is 67.5 Å². The highest BCUT2D eigenvalue weighted by atomic mass is 35.5. The van der Waals surface area contributed by atoms with E-state index in [1.807, 2.05) is 49.6 Å². The zero-order chi connectivity index (χ0) is 21.6. The van der Waals surface area contributed by atoms with Crippen molar-refractivity contribution in [2.24, 2.45) is 4.99 Å². The van der Waals surface area contributed by atoms with Gasteiger partial charge in [0.25, 0.3) is 5.91 Å². The molecule has 0 bridgehead atoms. The standard InChI is InChI=1S/C21H24ClN6O2/c1-5-10-26-17-18(23-20(26)28-14(3)11-13(2)24-28)25(4)21(30)27(19(17)29)12-15-8-6-7-9-16(15)22/h6-9,11,17H,5,10,12H2,1-4H3/q+1. The third-order valence-electron chi connectivity index (χ3n) is 5.34. The second-order valence-corrected chi connectivity index (χ2v) is 7.97. The van der Waals surface area contributed by atoms with E-state index in [9.17, 15) is 9.59 Å². The van der Waals surface area contributed by atoms with Gasteiger partial charge < -0.3 is 0 Å².